The number of esters is 1. The summed E-state index contributed by atoms with van der Waals surface area (Å²) >= 11 is 1.16. The van der Waals surface area contributed by atoms with Crippen molar-refractivity contribution in [2.75, 3.05) is 19.0 Å². The highest BCUT2D eigenvalue weighted by Gasteiger charge is 2.14. The third kappa shape index (κ3) is 4.82. The Bertz CT molecular complexity index is 739. The second-order valence-electron chi connectivity index (χ2n) is 4.76. The summed E-state index contributed by atoms with van der Waals surface area (Å²) in [6, 6.07) is 8.46. The average molecular weight is 348 g/mol. The molecule has 2 rings (SSSR count). The second-order valence-corrected chi connectivity index (χ2v) is 5.68. The van der Waals surface area contributed by atoms with E-state index >= 15 is 0 Å². The van der Waals surface area contributed by atoms with Crippen LogP contribution >= 0.6 is 11.3 Å². The summed E-state index contributed by atoms with van der Waals surface area (Å²) in [6.07, 6.45) is 0.0445. The van der Waals surface area contributed by atoms with E-state index < -0.39 is 24.4 Å². The van der Waals surface area contributed by atoms with Gasteiger partial charge >= 0.3 is 5.97 Å². The fraction of sp³-hybridized carbons (Fsp3) is 0.188. The van der Waals surface area contributed by atoms with Gasteiger partial charge in [-0.25, -0.2) is 0 Å². The zero-order valence-electron chi connectivity index (χ0n) is 12.9. The molecule has 0 saturated heterocycles. The van der Waals surface area contributed by atoms with Crippen molar-refractivity contribution in [3.8, 4) is 5.75 Å². The largest absolute Gasteiger partial charge is 0.497 e. The van der Waals surface area contributed by atoms with E-state index in [-0.39, 0.29) is 12.0 Å². The van der Waals surface area contributed by atoms with E-state index in [1.807, 2.05) is 0 Å². The van der Waals surface area contributed by atoms with E-state index in [2.05, 4.69) is 5.32 Å². The number of hydrogen-bond acceptors (Lipinski definition) is 6. The first-order valence-electron chi connectivity index (χ1n) is 6.95. The molecule has 3 N–H and O–H groups in total. The van der Waals surface area contributed by atoms with Crippen LogP contribution in [0.5, 0.6) is 5.75 Å². The molecule has 0 aliphatic rings. The molecular formula is C16H16N2O5S. The highest BCUT2D eigenvalue weighted by molar-refractivity contribution is 7.14. The Morgan fingerprint density at radius 3 is 2.50 bits per heavy atom. The molecule has 0 saturated carbocycles. The molecule has 1 heterocycles. The van der Waals surface area contributed by atoms with E-state index in [1.165, 1.54) is 6.07 Å². The quantitative estimate of drug-likeness (QED) is 0.739. The standard InChI is InChI=1S/C16H16N2O5S/c1-22-11-4-2-10(3-5-11)8-14(20)23-9-13(19)18-16-12(15(17)21)6-7-24-16/h2-7H,8-9H2,1H3,(H2,17,21)(H,18,19). The van der Waals surface area contributed by atoms with Crippen molar-refractivity contribution in [2.45, 2.75) is 6.42 Å². The zero-order valence-corrected chi connectivity index (χ0v) is 13.7. The molecule has 0 bridgehead atoms. The molecule has 126 valence electrons. The molecule has 24 heavy (non-hydrogen) atoms. The van der Waals surface area contributed by atoms with Gasteiger partial charge in [0, 0.05) is 0 Å². The molecule has 1 aromatic heterocycles. The van der Waals surface area contributed by atoms with Crippen LogP contribution in [0, 0.1) is 0 Å². The van der Waals surface area contributed by atoms with E-state index in [0.29, 0.717) is 10.8 Å². The van der Waals surface area contributed by atoms with Crippen LogP contribution in [-0.2, 0) is 20.7 Å². The monoisotopic (exact) mass is 348 g/mol. The number of carbonyl (C=O) groups is 3. The van der Waals surface area contributed by atoms with Gasteiger partial charge in [-0.3, -0.25) is 14.4 Å². The van der Waals surface area contributed by atoms with Crippen molar-refractivity contribution < 1.29 is 23.9 Å². The van der Waals surface area contributed by atoms with Crippen LogP contribution in [0.3, 0.4) is 0 Å². The number of primary amides is 1. The van der Waals surface area contributed by atoms with Crippen molar-refractivity contribution in [3.63, 3.8) is 0 Å². The predicted molar refractivity (Wildman–Crippen MR) is 89.1 cm³/mol. The Labute approximate surface area is 142 Å². The smallest absolute Gasteiger partial charge is 0.310 e. The topological polar surface area (TPSA) is 108 Å². The van der Waals surface area contributed by atoms with Gasteiger partial charge in [-0.05, 0) is 29.1 Å². The molecular weight excluding hydrogens is 332 g/mol. The first-order valence-corrected chi connectivity index (χ1v) is 7.83. The number of amides is 2. The van der Waals surface area contributed by atoms with Crippen molar-refractivity contribution >= 4 is 34.1 Å². The predicted octanol–water partition coefficient (Wildman–Crippen LogP) is 1.58. The SMILES string of the molecule is COc1ccc(CC(=O)OCC(=O)Nc2sccc2C(N)=O)cc1. The van der Waals surface area contributed by atoms with E-state index in [0.717, 1.165) is 16.9 Å². The van der Waals surface area contributed by atoms with Crippen molar-refractivity contribution in [2.24, 2.45) is 5.73 Å². The maximum Gasteiger partial charge on any atom is 0.310 e. The molecule has 0 fully saturated rings. The lowest BCUT2D eigenvalue weighted by molar-refractivity contribution is -0.146. The lowest BCUT2D eigenvalue weighted by atomic mass is 10.1. The van der Waals surface area contributed by atoms with Crippen molar-refractivity contribution in [1.82, 2.24) is 0 Å². The molecule has 0 unspecified atom stereocenters. The Kier molecular flexibility index (Phi) is 5.91. The lowest BCUT2D eigenvalue weighted by Crippen LogP contribution is -2.22. The van der Waals surface area contributed by atoms with Gasteiger partial charge < -0.3 is 20.5 Å². The molecule has 0 aliphatic carbocycles. The first-order chi connectivity index (χ1) is 11.5. The highest BCUT2D eigenvalue weighted by Crippen LogP contribution is 2.22. The maximum atomic E-state index is 11.8. The maximum absolute atomic E-state index is 11.8. The summed E-state index contributed by atoms with van der Waals surface area (Å²) in [6.45, 7) is -0.439. The van der Waals surface area contributed by atoms with Crippen molar-refractivity contribution in [1.29, 1.82) is 0 Å². The van der Waals surface area contributed by atoms with Gasteiger partial charge in [0.2, 0.25) is 0 Å². The number of anilines is 1. The minimum atomic E-state index is -0.636. The highest BCUT2D eigenvalue weighted by atomic mass is 32.1. The summed E-state index contributed by atoms with van der Waals surface area (Å²) in [5.74, 6) is -1.02. The van der Waals surface area contributed by atoms with Crippen LogP contribution < -0.4 is 15.8 Å². The van der Waals surface area contributed by atoms with E-state index in [4.69, 9.17) is 15.2 Å². The summed E-state index contributed by atoms with van der Waals surface area (Å²) < 4.78 is 9.95. The lowest BCUT2D eigenvalue weighted by Gasteiger charge is -2.07. The van der Waals surface area contributed by atoms with Gasteiger partial charge in [0.1, 0.15) is 10.8 Å². The van der Waals surface area contributed by atoms with Crippen LogP contribution in [0.1, 0.15) is 15.9 Å². The number of methoxy groups -OCH3 is 1. The number of hydrogen-bond donors (Lipinski definition) is 2. The van der Waals surface area contributed by atoms with Crippen LogP contribution in [0.4, 0.5) is 5.00 Å². The minimum Gasteiger partial charge on any atom is -0.497 e. The Hall–Kier alpha value is -2.87. The van der Waals surface area contributed by atoms with E-state index in [1.54, 1.807) is 36.8 Å². The second kappa shape index (κ2) is 8.11. The van der Waals surface area contributed by atoms with Crippen LogP contribution in [-0.4, -0.2) is 31.5 Å². The number of thiophene rings is 1. The number of benzene rings is 1. The van der Waals surface area contributed by atoms with Crippen LogP contribution in [0.2, 0.25) is 0 Å². The molecule has 0 aliphatic heterocycles. The van der Waals surface area contributed by atoms with Crippen LogP contribution in [0.25, 0.3) is 0 Å². The minimum absolute atomic E-state index is 0.0445. The molecule has 0 atom stereocenters. The number of carbonyl (C=O) groups excluding carboxylic acids is 3. The van der Waals surface area contributed by atoms with Gasteiger partial charge in [0.15, 0.2) is 6.61 Å². The zero-order chi connectivity index (χ0) is 17.5. The van der Waals surface area contributed by atoms with Gasteiger partial charge in [0.25, 0.3) is 11.8 Å². The third-order valence-electron chi connectivity index (χ3n) is 3.06. The molecule has 0 spiro atoms. The van der Waals surface area contributed by atoms with Gasteiger partial charge in [0.05, 0.1) is 19.1 Å². The van der Waals surface area contributed by atoms with Gasteiger partial charge in [-0.1, -0.05) is 12.1 Å². The van der Waals surface area contributed by atoms with E-state index in [9.17, 15) is 14.4 Å². The first kappa shape index (κ1) is 17.5. The fourth-order valence-corrected chi connectivity index (χ4v) is 2.68. The van der Waals surface area contributed by atoms with Crippen molar-refractivity contribution in [3.05, 3.63) is 46.8 Å². The number of nitrogens with one attached hydrogen (secondary N) is 1. The average Bonchev–Trinajstić information content (AvgIpc) is 3.02. The summed E-state index contributed by atoms with van der Waals surface area (Å²) in [5.41, 5.74) is 6.15. The Balaban J connectivity index is 1.81. The molecule has 7 nitrogen and oxygen atoms in total. The normalized spacial score (nSPS) is 10.0. The van der Waals surface area contributed by atoms with Gasteiger partial charge in [-0.2, -0.15) is 0 Å². The summed E-state index contributed by atoms with van der Waals surface area (Å²) in [7, 11) is 1.55. The molecule has 2 aromatic rings. The fourth-order valence-electron chi connectivity index (χ4n) is 1.87. The third-order valence-corrected chi connectivity index (χ3v) is 3.89. The number of rotatable bonds is 7. The number of ether oxygens (including phenoxy) is 2. The Morgan fingerprint density at radius 2 is 1.88 bits per heavy atom. The van der Waals surface area contributed by atoms with Gasteiger partial charge in [-0.15, -0.1) is 11.3 Å². The number of nitrogens with two attached hydrogens (primary N) is 1. The molecule has 8 heteroatoms. The molecule has 2 amide bonds. The summed E-state index contributed by atoms with van der Waals surface area (Å²) in [4.78, 5) is 34.7. The van der Waals surface area contributed by atoms with Crippen LogP contribution in [0.15, 0.2) is 35.7 Å². The molecule has 1 aromatic carbocycles. The Morgan fingerprint density at radius 1 is 1.17 bits per heavy atom. The molecule has 0 radical (unpaired) electrons. The summed E-state index contributed by atoms with van der Waals surface area (Å²) in [5, 5.41) is 4.45.